The molecule has 108 valence electrons. The number of nitrogens with one attached hydrogen (secondary N) is 1. The summed E-state index contributed by atoms with van der Waals surface area (Å²) in [5.74, 6) is -0.388. The first kappa shape index (κ1) is 14.4. The number of hydrogen-bond acceptors (Lipinski definition) is 5. The van der Waals surface area contributed by atoms with Gasteiger partial charge in [0.2, 0.25) is 0 Å². The Kier molecular flexibility index (Phi) is 3.79. The van der Waals surface area contributed by atoms with Gasteiger partial charge in [0, 0.05) is 11.3 Å². The van der Waals surface area contributed by atoms with Crippen LogP contribution < -0.4 is 5.32 Å². The Morgan fingerprint density at radius 2 is 1.76 bits per heavy atom. The van der Waals surface area contributed by atoms with Crippen molar-refractivity contribution in [3.63, 3.8) is 0 Å². The van der Waals surface area contributed by atoms with Crippen LogP contribution in [0.15, 0.2) is 54.3 Å². The topological polar surface area (TPSA) is 115 Å². The van der Waals surface area contributed by atoms with Crippen molar-refractivity contribution in [1.82, 2.24) is 5.32 Å². The molecule has 1 aliphatic carbocycles. The third kappa shape index (κ3) is 2.78. The van der Waals surface area contributed by atoms with Crippen LogP contribution in [-0.2, 0) is 0 Å². The van der Waals surface area contributed by atoms with Crippen molar-refractivity contribution in [2.24, 2.45) is 0 Å². The van der Waals surface area contributed by atoms with Gasteiger partial charge in [-0.1, -0.05) is 18.2 Å². The van der Waals surface area contributed by atoms with Gasteiger partial charge in [0.05, 0.1) is 6.08 Å². The fraction of sp³-hybridized carbons (Fsp3) is 0.154. The Labute approximate surface area is 119 Å². The van der Waals surface area contributed by atoms with Crippen molar-refractivity contribution in [3.05, 3.63) is 80.0 Å². The van der Waals surface area contributed by atoms with Gasteiger partial charge in [-0.05, 0) is 24.3 Å². The van der Waals surface area contributed by atoms with Crippen LogP contribution in [0.25, 0.3) is 0 Å². The minimum atomic E-state index is -2.36. The average molecular weight is 289 g/mol. The molecule has 0 bridgehead atoms. The molecule has 8 nitrogen and oxygen atoms in total. The smallest absolute Gasteiger partial charge is 0.322 e. The predicted molar refractivity (Wildman–Crippen MR) is 72.5 cm³/mol. The highest BCUT2D eigenvalue weighted by atomic mass is 16.7. The highest BCUT2D eigenvalue weighted by molar-refractivity contribution is 5.95. The molecule has 1 N–H and O–H groups in total. The molecular formula is C13H11N3O5. The Hall–Kier alpha value is -3.03. The Balaban J connectivity index is 2.11. The first-order valence-electron chi connectivity index (χ1n) is 6.00. The second kappa shape index (κ2) is 5.53. The zero-order valence-corrected chi connectivity index (χ0v) is 10.8. The minimum absolute atomic E-state index is 0.295. The molecule has 0 heterocycles. The molecule has 1 aromatic carbocycles. The van der Waals surface area contributed by atoms with Gasteiger partial charge in [0.25, 0.3) is 5.91 Å². The van der Waals surface area contributed by atoms with Gasteiger partial charge < -0.3 is 5.32 Å². The summed E-state index contributed by atoms with van der Waals surface area (Å²) in [6.45, 7) is 0. The largest absolute Gasteiger partial charge is 0.481 e. The number of hydrogen-bond donors (Lipinski definition) is 1. The molecule has 0 radical (unpaired) electrons. The Morgan fingerprint density at radius 1 is 1.14 bits per heavy atom. The van der Waals surface area contributed by atoms with E-state index in [1.165, 1.54) is 12.2 Å². The lowest BCUT2D eigenvalue weighted by atomic mass is 10.0. The van der Waals surface area contributed by atoms with Gasteiger partial charge in [0.15, 0.2) is 0 Å². The molecule has 0 spiro atoms. The van der Waals surface area contributed by atoms with E-state index in [2.05, 4.69) is 5.32 Å². The number of amides is 1. The summed E-state index contributed by atoms with van der Waals surface area (Å²) in [4.78, 5) is 31.7. The van der Waals surface area contributed by atoms with Gasteiger partial charge in [-0.2, -0.15) is 0 Å². The van der Waals surface area contributed by atoms with E-state index in [0.29, 0.717) is 11.3 Å². The van der Waals surface area contributed by atoms with Crippen LogP contribution in [0.5, 0.6) is 0 Å². The van der Waals surface area contributed by atoms with Crippen LogP contribution in [-0.4, -0.2) is 21.4 Å². The van der Waals surface area contributed by atoms with Crippen molar-refractivity contribution < 1.29 is 14.6 Å². The number of carbonyl (C=O) groups excluding carboxylic acids is 1. The summed E-state index contributed by atoms with van der Waals surface area (Å²) >= 11 is 0. The number of nitrogens with zero attached hydrogens (tertiary/aromatic N) is 2. The van der Waals surface area contributed by atoms with E-state index in [4.69, 9.17) is 0 Å². The van der Waals surface area contributed by atoms with Gasteiger partial charge in [-0.15, -0.1) is 0 Å². The summed E-state index contributed by atoms with van der Waals surface area (Å²) in [6, 6.07) is 8.38. The Morgan fingerprint density at radius 3 is 2.24 bits per heavy atom. The lowest BCUT2D eigenvalue weighted by Crippen LogP contribution is -2.45. The molecule has 0 saturated carbocycles. The van der Waals surface area contributed by atoms with Crippen LogP contribution >= 0.6 is 0 Å². The summed E-state index contributed by atoms with van der Waals surface area (Å²) in [6.07, 6.45) is 2.91. The molecule has 0 saturated heterocycles. The molecule has 1 aromatic rings. The Bertz CT molecular complexity index is 637. The van der Waals surface area contributed by atoms with Gasteiger partial charge in [-0.25, -0.2) is 0 Å². The van der Waals surface area contributed by atoms with Crippen molar-refractivity contribution in [2.75, 3.05) is 0 Å². The molecule has 0 aliphatic heterocycles. The number of benzene rings is 1. The molecule has 0 atom stereocenters. The van der Waals surface area contributed by atoms with Crippen molar-refractivity contribution >= 4 is 5.91 Å². The highest BCUT2D eigenvalue weighted by Crippen LogP contribution is 2.24. The lowest BCUT2D eigenvalue weighted by molar-refractivity contribution is -0.780. The second-order valence-electron chi connectivity index (χ2n) is 4.41. The fourth-order valence-electron chi connectivity index (χ4n) is 1.84. The van der Waals surface area contributed by atoms with Crippen LogP contribution in [0.2, 0.25) is 0 Å². The third-order valence-electron chi connectivity index (χ3n) is 3.08. The molecule has 8 heteroatoms. The maximum Gasteiger partial charge on any atom is 0.481 e. The lowest BCUT2D eigenvalue weighted by Gasteiger charge is -2.16. The van der Waals surface area contributed by atoms with E-state index in [-0.39, 0.29) is 5.91 Å². The van der Waals surface area contributed by atoms with Crippen molar-refractivity contribution in [2.45, 2.75) is 12.1 Å². The molecule has 21 heavy (non-hydrogen) atoms. The maximum absolute atomic E-state index is 11.9. The van der Waals surface area contributed by atoms with Crippen LogP contribution in [0.4, 0.5) is 0 Å². The average Bonchev–Trinajstić information content (AvgIpc) is 2.48. The summed E-state index contributed by atoms with van der Waals surface area (Å²) in [7, 11) is 0. The highest BCUT2D eigenvalue weighted by Gasteiger charge is 2.53. The maximum atomic E-state index is 11.9. The molecule has 1 aliphatic rings. The van der Waals surface area contributed by atoms with Gasteiger partial charge in [0.1, 0.15) is 16.3 Å². The van der Waals surface area contributed by atoms with Crippen molar-refractivity contribution in [3.8, 4) is 0 Å². The van der Waals surface area contributed by atoms with E-state index in [0.717, 1.165) is 6.08 Å². The van der Waals surface area contributed by atoms with Crippen LogP contribution in [0.3, 0.4) is 0 Å². The number of allylic oxidation sites excluding steroid dienone is 1. The van der Waals surface area contributed by atoms with E-state index < -0.39 is 21.9 Å². The molecule has 0 fully saturated rings. The number of carbonyl (C=O) groups is 1. The SMILES string of the molecule is O=C(NC1=CCC([N+](=O)[O-])([N+](=O)[O-])C=C1)c1ccccc1. The van der Waals surface area contributed by atoms with E-state index >= 15 is 0 Å². The normalized spacial score (nSPS) is 15.9. The van der Waals surface area contributed by atoms with Crippen LogP contribution in [0.1, 0.15) is 16.8 Å². The molecule has 1 amide bonds. The van der Waals surface area contributed by atoms with Gasteiger partial charge in [-0.3, -0.25) is 25.0 Å². The monoisotopic (exact) mass is 289 g/mol. The van der Waals surface area contributed by atoms with Crippen molar-refractivity contribution in [1.29, 1.82) is 0 Å². The zero-order chi connectivity index (χ0) is 15.5. The van der Waals surface area contributed by atoms with E-state index in [1.807, 2.05) is 0 Å². The van der Waals surface area contributed by atoms with Crippen LogP contribution in [0, 0.1) is 20.2 Å². The standard InChI is InChI=1S/C13H11N3O5/c17-12(10-4-2-1-3-5-10)14-11-6-8-13(9-7-11,15(18)19)16(20)21/h1-8H,9H2,(H,14,17). The molecule has 0 unspecified atom stereocenters. The molecule has 2 rings (SSSR count). The summed E-state index contributed by atoms with van der Waals surface area (Å²) in [5, 5.41) is 24.3. The zero-order valence-electron chi connectivity index (χ0n) is 10.8. The third-order valence-corrected chi connectivity index (χ3v) is 3.08. The van der Waals surface area contributed by atoms with E-state index in [1.54, 1.807) is 30.3 Å². The molecule has 0 aromatic heterocycles. The van der Waals surface area contributed by atoms with E-state index in [9.17, 15) is 25.0 Å². The first-order valence-corrected chi connectivity index (χ1v) is 6.00. The summed E-state index contributed by atoms with van der Waals surface area (Å²) in [5.41, 5.74) is -1.64. The number of nitro groups is 2. The molecular weight excluding hydrogens is 278 g/mol. The fourth-order valence-corrected chi connectivity index (χ4v) is 1.84. The second-order valence-corrected chi connectivity index (χ2v) is 4.41. The number of rotatable bonds is 4. The predicted octanol–water partition coefficient (Wildman–Crippen LogP) is 1.51. The first-order chi connectivity index (χ1) is 9.95. The summed E-state index contributed by atoms with van der Waals surface area (Å²) < 4.78 is 0. The quantitative estimate of drug-likeness (QED) is 0.512. The van der Waals surface area contributed by atoms with Gasteiger partial charge >= 0.3 is 5.66 Å². The minimum Gasteiger partial charge on any atom is -0.322 e.